The summed E-state index contributed by atoms with van der Waals surface area (Å²) in [5, 5.41) is 5.51. The number of anilines is 1. The maximum Gasteiger partial charge on any atom is 0.410 e. The number of unbranched alkanes of at least 4 members (excludes halogenated alkanes) is 3. The number of fused-ring (bicyclic) bond motifs is 1. The summed E-state index contributed by atoms with van der Waals surface area (Å²) in [5.41, 5.74) is 0.676. The van der Waals surface area contributed by atoms with Crippen LogP contribution in [0.5, 0.6) is 0 Å². The number of benzene rings is 1. The molecule has 2 N–H and O–H groups in total. The summed E-state index contributed by atoms with van der Waals surface area (Å²) < 4.78 is 5.45. The van der Waals surface area contributed by atoms with Gasteiger partial charge in [-0.25, -0.2) is 4.79 Å². The SMILES string of the molecule is CC(C)(C)OC(=O)N1CCN(CCCCCCNc2cccc3c2C(=O)N(C2CCC(=O)NC2=O)C3=O)CC1. The van der Waals surface area contributed by atoms with Crippen LogP contribution in [0.3, 0.4) is 0 Å². The Morgan fingerprint density at radius 3 is 2.41 bits per heavy atom. The van der Waals surface area contributed by atoms with Gasteiger partial charge in [0.2, 0.25) is 11.8 Å². The molecule has 11 nitrogen and oxygen atoms in total. The first-order chi connectivity index (χ1) is 18.5. The number of piperazine rings is 1. The molecule has 3 aliphatic rings. The third-order valence-electron chi connectivity index (χ3n) is 7.21. The van der Waals surface area contributed by atoms with Crippen LogP contribution >= 0.6 is 0 Å². The topological polar surface area (TPSA) is 128 Å². The highest BCUT2D eigenvalue weighted by molar-refractivity contribution is 6.25. The molecule has 5 amide bonds. The van der Waals surface area contributed by atoms with Gasteiger partial charge < -0.3 is 15.0 Å². The van der Waals surface area contributed by atoms with E-state index in [9.17, 15) is 24.0 Å². The van der Waals surface area contributed by atoms with Gasteiger partial charge in [-0.15, -0.1) is 0 Å². The lowest BCUT2D eigenvalue weighted by atomic mass is 10.0. The minimum atomic E-state index is -0.969. The van der Waals surface area contributed by atoms with Gasteiger partial charge in [0.1, 0.15) is 11.6 Å². The maximum atomic E-state index is 13.2. The van der Waals surface area contributed by atoms with Crippen LogP contribution < -0.4 is 10.6 Å². The molecule has 1 aromatic carbocycles. The van der Waals surface area contributed by atoms with Crippen molar-refractivity contribution in [3.63, 3.8) is 0 Å². The average Bonchev–Trinajstić information content (AvgIpc) is 3.13. The second kappa shape index (κ2) is 12.1. The van der Waals surface area contributed by atoms with Crippen molar-refractivity contribution in [3.8, 4) is 0 Å². The first-order valence-electron chi connectivity index (χ1n) is 13.8. The van der Waals surface area contributed by atoms with E-state index < -0.39 is 35.3 Å². The van der Waals surface area contributed by atoms with Crippen LogP contribution in [0.2, 0.25) is 0 Å². The van der Waals surface area contributed by atoms with Gasteiger partial charge in [0.05, 0.1) is 11.1 Å². The molecule has 11 heteroatoms. The fourth-order valence-corrected chi connectivity index (χ4v) is 5.18. The molecule has 212 valence electrons. The Labute approximate surface area is 229 Å². The van der Waals surface area contributed by atoms with Crippen molar-refractivity contribution in [2.24, 2.45) is 0 Å². The van der Waals surface area contributed by atoms with Crippen molar-refractivity contribution in [1.29, 1.82) is 0 Å². The first kappa shape index (κ1) is 28.5. The number of hydrogen-bond acceptors (Lipinski definition) is 8. The Morgan fingerprint density at radius 2 is 1.72 bits per heavy atom. The zero-order valence-corrected chi connectivity index (χ0v) is 23.1. The van der Waals surface area contributed by atoms with Gasteiger partial charge in [0, 0.05) is 44.8 Å². The summed E-state index contributed by atoms with van der Waals surface area (Å²) in [7, 11) is 0. The van der Waals surface area contributed by atoms with E-state index in [4.69, 9.17) is 4.74 Å². The predicted molar refractivity (Wildman–Crippen MR) is 144 cm³/mol. The molecule has 39 heavy (non-hydrogen) atoms. The lowest BCUT2D eigenvalue weighted by molar-refractivity contribution is -0.136. The minimum Gasteiger partial charge on any atom is -0.444 e. The molecule has 3 heterocycles. The smallest absolute Gasteiger partial charge is 0.410 e. The fraction of sp³-hybridized carbons (Fsp3) is 0.607. The molecular weight excluding hydrogens is 502 g/mol. The molecule has 0 radical (unpaired) electrons. The van der Waals surface area contributed by atoms with Gasteiger partial charge in [0.25, 0.3) is 11.8 Å². The summed E-state index contributed by atoms with van der Waals surface area (Å²) in [6, 6.07) is 4.13. The van der Waals surface area contributed by atoms with Crippen molar-refractivity contribution in [3.05, 3.63) is 29.3 Å². The average molecular weight is 542 g/mol. The van der Waals surface area contributed by atoms with E-state index in [1.165, 1.54) is 0 Å². The molecular formula is C28H39N5O6. The minimum absolute atomic E-state index is 0.0944. The number of carbonyl (C=O) groups excluding carboxylic acids is 5. The van der Waals surface area contributed by atoms with Gasteiger partial charge in [-0.2, -0.15) is 0 Å². The van der Waals surface area contributed by atoms with Crippen molar-refractivity contribution in [2.45, 2.75) is 70.9 Å². The van der Waals surface area contributed by atoms with Gasteiger partial charge in [-0.3, -0.25) is 34.3 Å². The number of piperidine rings is 1. The Bertz CT molecular complexity index is 1120. The van der Waals surface area contributed by atoms with E-state index in [1.54, 1.807) is 23.1 Å². The van der Waals surface area contributed by atoms with Crippen LogP contribution in [0, 0.1) is 0 Å². The summed E-state index contributed by atoms with van der Waals surface area (Å²) in [5.74, 6) is -2.00. The van der Waals surface area contributed by atoms with E-state index >= 15 is 0 Å². The van der Waals surface area contributed by atoms with Crippen molar-refractivity contribution in [1.82, 2.24) is 20.0 Å². The number of imide groups is 2. The van der Waals surface area contributed by atoms with Crippen LogP contribution in [-0.2, 0) is 14.3 Å². The van der Waals surface area contributed by atoms with Gasteiger partial charge >= 0.3 is 6.09 Å². The van der Waals surface area contributed by atoms with Gasteiger partial charge in [-0.1, -0.05) is 18.9 Å². The largest absolute Gasteiger partial charge is 0.444 e. The van der Waals surface area contributed by atoms with Crippen LogP contribution in [0.4, 0.5) is 10.5 Å². The molecule has 0 aromatic heterocycles. The van der Waals surface area contributed by atoms with E-state index in [0.29, 0.717) is 25.3 Å². The summed E-state index contributed by atoms with van der Waals surface area (Å²) >= 11 is 0. The third kappa shape index (κ3) is 6.95. The number of hydrogen-bond donors (Lipinski definition) is 2. The lowest BCUT2D eigenvalue weighted by Gasteiger charge is -2.35. The number of amides is 5. The second-order valence-corrected chi connectivity index (χ2v) is 11.3. The number of nitrogens with one attached hydrogen (secondary N) is 2. The molecule has 0 bridgehead atoms. The summed E-state index contributed by atoms with van der Waals surface area (Å²) in [4.78, 5) is 67.2. The van der Waals surface area contributed by atoms with Crippen LogP contribution in [0.1, 0.15) is 80.0 Å². The molecule has 1 aromatic rings. The Balaban J connectivity index is 1.16. The highest BCUT2D eigenvalue weighted by Gasteiger charge is 2.45. The molecule has 2 saturated heterocycles. The van der Waals surface area contributed by atoms with Gasteiger partial charge in [0.15, 0.2) is 0 Å². The molecule has 3 aliphatic heterocycles. The molecule has 2 fully saturated rings. The van der Waals surface area contributed by atoms with Crippen LogP contribution in [0.25, 0.3) is 0 Å². The zero-order chi connectivity index (χ0) is 28.2. The highest BCUT2D eigenvalue weighted by atomic mass is 16.6. The van der Waals surface area contributed by atoms with Gasteiger partial charge in [-0.05, 0) is 58.7 Å². The standard InChI is InChI=1S/C28H39N5O6/c1-28(2,3)39-27(38)32-17-15-31(16-18-32)14-7-5-4-6-13-29-20-10-8-9-19-23(20)26(37)33(25(19)36)21-11-12-22(34)30-24(21)35/h8-10,21,29H,4-7,11-18H2,1-3H3,(H,30,34,35). The quantitative estimate of drug-likeness (QED) is 0.361. The molecule has 1 unspecified atom stereocenters. The molecule has 1 atom stereocenters. The molecule has 0 saturated carbocycles. The number of ether oxygens (including phenoxy) is 1. The number of rotatable bonds is 9. The third-order valence-corrected chi connectivity index (χ3v) is 7.21. The Kier molecular flexibility index (Phi) is 8.89. The van der Waals surface area contributed by atoms with Crippen LogP contribution in [-0.4, -0.2) is 95.3 Å². The normalized spacial score (nSPS) is 20.2. The molecule has 0 aliphatic carbocycles. The van der Waals surface area contributed by atoms with E-state index in [1.807, 2.05) is 20.8 Å². The monoisotopic (exact) mass is 541 g/mol. The van der Waals surface area contributed by atoms with E-state index in [-0.39, 0.29) is 30.1 Å². The molecule has 4 rings (SSSR count). The number of carbonyl (C=O) groups is 5. The summed E-state index contributed by atoms with van der Waals surface area (Å²) in [6.07, 6.45) is 4.07. The van der Waals surface area contributed by atoms with Crippen LogP contribution in [0.15, 0.2) is 18.2 Å². The lowest BCUT2D eigenvalue weighted by Crippen LogP contribution is -2.54. The zero-order valence-electron chi connectivity index (χ0n) is 23.1. The summed E-state index contributed by atoms with van der Waals surface area (Å²) in [6.45, 7) is 10.3. The Hall–Kier alpha value is -3.47. The predicted octanol–water partition coefficient (Wildman–Crippen LogP) is 2.61. The fourth-order valence-electron chi connectivity index (χ4n) is 5.18. The first-order valence-corrected chi connectivity index (χ1v) is 13.8. The van der Waals surface area contributed by atoms with Crippen molar-refractivity contribution in [2.75, 3.05) is 44.6 Å². The highest BCUT2D eigenvalue weighted by Crippen LogP contribution is 2.32. The number of nitrogens with zero attached hydrogens (tertiary/aromatic N) is 3. The molecule has 0 spiro atoms. The van der Waals surface area contributed by atoms with Crippen molar-refractivity contribution < 1.29 is 28.7 Å². The van der Waals surface area contributed by atoms with E-state index in [2.05, 4.69) is 15.5 Å². The Morgan fingerprint density at radius 1 is 1.00 bits per heavy atom. The van der Waals surface area contributed by atoms with Crippen molar-refractivity contribution >= 4 is 35.4 Å². The second-order valence-electron chi connectivity index (χ2n) is 11.3. The maximum absolute atomic E-state index is 13.2. The van der Waals surface area contributed by atoms with E-state index in [0.717, 1.165) is 50.2 Å².